The van der Waals surface area contributed by atoms with Crippen LogP contribution in [0.15, 0.2) is 23.6 Å². The van der Waals surface area contributed by atoms with Gasteiger partial charge in [-0.2, -0.15) is 0 Å². The van der Waals surface area contributed by atoms with E-state index in [4.69, 9.17) is 5.11 Å². The van der Waals surface area contributed by atoms with E-state index in [2.05, 4.69) is 15.3 Å². The Bertz CT molecular complexity index is 347. The van der Waals surface area contributed by atoms with Crippen molar-refractivity contribution in [2.45, 2.75) is 24.4 Å². The highest BCUT2D eigenvalue weighted by Crippen LogP contribution is 2.20. The van der Waals surface area contributed by atoms with Crippen molar-refractivity contribution in [2.24, 2.45) is 0 Å². The van der Waals surface area contributed by atoms with E-state index in [1.54, 1.807) is 19.2 Å². The molecule has 1 aromatic heterocycles. The molecule has 1 unspecified atom stereocenters. The average molecular weight is 241 g/mol. The fourth-order valence-electron chi connectivity index (χ4n) is 1.16. The Balaban J connectivity index is 2.60. The van der Waals surface area contributed by atoms with Crippen LogP contribution in [0.25, 0.3) is 0 Å². The minimum absolute atomic E-state index is 0.424. The molecule has 0 spiro atoms. The molecular formula is C10H15N3O2S. The third-order valence-corrected chi connectivity index (χ3v) is 3.36. The van der Waals surface area contributed by atoms with Gasteiger partial charge < -0.3 is 10.4 Å². The molecule has 6 heteroatoms. The summed E-state index contributed by atoms with van der Waals surface area (Å²) in [6, 6.07) is 1.76. The van der Waals surface area contributed by atoms with Crippen LogP contribution in [-0.4, -0.2) is 38.9 Å². The molecule has 1 heterocycles. The standard InChI is InChI=1S/C10H15N3O2S/c1-3-13-10(2,9(14)15)6-16-8-4-5-11-7-12-8/h4-5,7,13H,3,6H2,1-2H3,(H,14,15). The van der Waals surface area contributed by atoms with Crippen molar-refractivity contribution < 1.29 is 9.90 Å². The van der Waals surface area contributed by atoms with Crippen molar-refractivity contribution in [3.8, 4) is 0 Å². The Hall–Kier alpha value is -1.14. The normalized spacial score (nSPS) is 14.4. The number of aromatic nitrogens is 2. The molecule has 1 atom stereocenters. The van der Waals surface area contributed by atoms with E-state index < -0.39 is 11.5 Å². The first-order valence-corrected chi connectivity index (χ1v) is 5.94. The smallest absolute Gasteiger partial charge is 0.324 e. The summed E-state index contributed by atoms with van der Waals surface area (Å²) in [5.74, 6) is -0.427. The molecule has 0 saturated carbocycles. The topological polar surface area (TPSA) is 75.1 Å². The van der Waals surface area contributed by atoms with Gasteiger partial charge in [-0.3, -0.25) is 4.79 Å². The summed E-state index contributed by atoms with van der Waals surface area (Å²) in [6.45, 7) is 4.18. The molecule has 16 heavy (non-hydrogen) atoms. The predicted molar refractivity (Wildman–Crippen MR) is 62.5 cm³/mol. The van der Waals surface area contributed by atoms with E-state index in [0.717, 1.165) is 5.03 Å². The van der Waals surface area contributed by atoms with Gasteiger partial charge in [0.15, 0.2) is 0 Å². The Morgan fingerprint density at radius 1 is 1.69 bits per heavy atom. The van der Waals surface area contributed by atoms with Gasteiger partial charge in [0.2, 0.25) is 0 Å². The molecule has 5 nitrogen and oxygen atoms in total. The second kappa shape index (κ2) is 5.81. The Kier molecular flexibility index (Phi) is 4.70. The van der Waals surface area contributed by atoms with Crippen molar-refractivity contribution >= 4 is 17.7 Å². The monoisotopic (exact) mass is 241 g/mol. The van der Waals surface area contributed by atoms with Crippen LogP contribution in [0.2, 0.25) is 0 Å². The number of rotatable bonds is 6. The van der Waals surface area contributed by atoms with E-state index in [-0.39, 0.29) is 0 Å². The highest BCUT2D eigenvalue weighted by molar-refractivity contribution is 7.99. The van der Waals surface area contributed by atoms with Gasteiger partial charge in [0.25, 0.3) is 0 Å². The van der Waals surface area contributed by atoms with Crippen molar-refractivity contribution in [3.05, 3.63) is 18.6 Å². The Morgan fingerprint density at radius 3 is 2.94 bits per heavy atom. The van der Waals surface area contributed by atoms with Gasteiger partial charge in [0, 0.05) is 11.9 Å². The van der Waals surface area contributed by atoms with Gasteiger partial charge in [-0.25, -0.2) is 9.97 Å². The van der Waals surface area contributed by atoms with Crippen LogP contribution < -0.4 is 5.32 Å². The lowest BCUT2D eigenvalue weighted by Gasteiger charge is -2.24. The van der Waals surface area contributed by atoms with Gasteiger partial charge in [-0.05, 0) is 19.5 Å². The SMILES string of the molecule is CCNC(C)(CSc1ccncn1)C(=O)O. The fraction of sp³-hybridized carbons (Fsp3) is 0.500. The highest BCUT2D eigenvalue weighted by atomic mass is 32.2. The first-order chi connectivity index (χ1) is 7.58. The number of carboxylic acids is 1. The van der Waals surface area contributed by atoms with Gasteiger partial charge in [0.05, 0.1) is 5.03 Å². The summed E-state index contributed by atoms with van der Waals surface area (Å²) in [7, 11) is 0. The predicted octanol–water partition coefficient (Wildman–Crippen LogP) is 1.02. The summed E-state index contributed by atoms with van der Waals surface area (Å²) in [4.78, 5) is 19.0. The first-order valence-electron chi connectivity index (χ1n) is 4.95. The molecule has 2 N–H and O–H groups in total. The number of thioether (sulfide) groups is 1. The van der Waals surface area contributed by atoms with Gasteiger partial charge in [0.1, 0.15) is 11.9 Å². The zero-order chi connectivity index (χ0) is 12.0. The number of nitrogens with one attached hydrogen (secondary N) is 1. The molecule has 0 aromatic carbocycles. The van der Waals surface area contributed by atoms with E-state index in [1.165, 1.54) is 18.1 Å². The largest absolute Gasteiger partial charge is 0.480 e. The summed E-state index contributed by atoms with van der Waals surface area (Å²) >= 11 is 1.40. The number of nitrogens with zero attached hydrogens (tertiary/aromatic N) is 2. The van der Waals surface area contributed by atoms with Crippen molar-refractivity contribution in [2.75, 3.05) is 12.3 Å². The number of aliphatic carboxylic acids is 1. The van der Waals surface area contributed by atoms with E-state index in [0.29, 0.717) is 12.3 Å². The molecule has 0 bridgehead atoms. The highest BCUT2D eigenvalue weighted by Gasteiger charge is 2.32. The molecule has 1 rings (SSSR count). The summed E-state index contributed by atoms with van der Waals surface area (Å²) in [6.07, 6.45) is 3.09. The average Bonchev–Trinajstić information content (AvgIpc) is 2.28. The molecule has 0 saturated heterocycles. The van der Waals surface area contributed by atoms with Crippen LogP contribution >= 0.6 is 11.8 Å². The van der Waals surface area contributed by atoms with Crippen molar-refractivity contribution in [1.29, 1.82) is 0 Å². The maximum absolute atomic E-state index is 11.1. The molecule has 88 valence electrons. The number of carboxylic acid groups (broad SMARTS) is 1. The number of likely N-dealkylation sites (N-methyl/N-ethyl adjacent to an activating group) is 1. The van der Waals surface area contributed by atoms with Crippen LogP contribution in [0.1, 0.15) is 13.8 Å². The lowest BCUT2D eigenvalue weighted by molar-refractivity contribution is -0.143. The molecule has 0 aliphatic rings. The lowest BCUT2D eigenvalue weighted by Crippen LogP contribution is -2.51. The number of hydrogen-bond acceptors (Lipinski definition) is 5. The summed E-state index contributed by atoms with van der Waals surface area (Å²) in [5, 5.41) is 12.9. The zero-order valence-corrected chi connectivity index (χ0v) is 10.1. The minimum atomic E-state index is -0.926. The van der Waals surface area contributed by atoms with Crippen molar-refractivity contribution in [3.63, 3.8) is 0 Å². The third-order valence-electron chi connectivity index (χ3n) is 2.10. The van der Waals surface area contributed by atoms with Crippen LogP contribution in [0.5, 0.6) is 0 Å². The lowest BCUT2D eigenvalue weighted by atomic mass is 10.1. The Morgan fingerprint density at radius 2 is 2.44 bits per heavy atom. The second-order valence-electron chi connectivity index (χ2n) is 3.50. The summed E-state index contributed by atoms with van der Waals surface area (Å²) in [5.41, 5.74) is -0.926. The molecule has 0 amide bonds. The number of carbonyl (C=O) groups is 1. The van der Waals surface area contributed by atoms with E-state index in [1.807, 2.05) is 6.92 Å². The molecule has 0 radical (unpaired) electrons. The maximum atomic E-state index is 11.1. The quantitative estimate of drug-likeness (QED) is 0.572. The third kappa shape index (κ3) is 3.46. The minimum Gasteiger partial charge on any atom is -0.480 e. The molecule has 0 aliphatic heterocycles. The van der Waals surface area contributed by atoms with Crippen LogP contribution in [0.3, 0.4) is 0 Å². The first kappa shape index (κ1) is 12.9. The second-order valence-corrected chi connectivity index (χ2v) is 4.50. The van der Waals surface area contributed by atoms with Crippen molar-refractivity contribution in [1.82, 2.24) is 15.3 Å². The van der Waals surface area contributed by atoms with Gasteiger partial charge >= 0.3 is 5.97 Å². The van der Waals surface area contributed by atoms with Crippen LogP contribution in [0.4, 0.5) is 0 Å². The van der Waals surface area contributed by atoms with Gasteiger partial charge in [-0.15, -0.1) is 11.8 Å². The Labute approximate surface area is 98.7 Å². The molecule has 0 aliphatic carbocycles. The molecule has 0 fully saturated rings. The number of hydrogen-bond donors (Lipinski definition) is 2. The maximum Gasteiger partial charge on any atom is 0.324 e. The van der Waals surface area contributed by atoms with Crippen LogP contribution in [-0.2, 0) is 4.79 Å². The van der Waals surface area contributed by atoms with E-state index in [9.17, 15) is 4.79 Å². The molecular weight excluding hydrogens is 226 g/mol. The van der Waals surface area contributed by atoms with Crippen LogP contribution in [0, 0.1) is 0 Å². The fourth-order valence-corrected chi connectivity index (χ4v) is 2.10. The van der Waals surface area contributed by atoms with E-state index >= 15 is 0 Å². The zero-order valence-electron chi connectivity index (χ0n) is 9.30. The summed E-state index contributed by atoms with van der Waals surface area (Å²) < 4.78 is 0. The van der Waals surface area contributed by atoms with Gasteiger partial charge in [-0.1, -0.05) is 6.92 Å². The molecule has 1 aromatic rings.